The van der Waals surface area contributed by atoms with E-state index >= 15 is 0 Å². The van der Waals surface area contributed by atoms with Crippen LogP contribution in [-0.4, -0.2) is 19.7 Å². The summed E-state index contributed by atoms with van der Waals surface area (Å²) in [5.74, 6) is 0.678. The maximum Gasteiger partial charge on any atom is 0.314 e. The van der Waals surface area contributed by atoms with Gasteiger partial charge >= 0.3 is 5.69 Å². The topological polar surface area (TPSA) is 112 Å². The highest BCUT2D eigenvalue weighted by Gasteiger charge is 2.20. The van der Waals surface area contributed by atoms with Gasteiger partial charge in [-0.05, 0) is 19.1 Å². The first-order valence-electron chi connectivity index (χ1n) is 5.64. The Morgan fingerprint density at radius 1 is 1.53 bits per heavy atom. The van der Waals surface area contributed by atoms with Crippen LogP contribution in [0.3, 0.4) is 0 Å². The van der Waals surface area contributed by atoms with E-state index < -0.39 is 4.92 Å². The van der Waals surface area contributed by atoms with Gasteiger partial charge in [0.05, 0.1) is 11.0 Å². The van der Waals surface area contributed by atoms with Gasteiger partial charge in [0.25, 0.3) is 0 Å². The van der Waals surface area contributed by atoms with Crippen LogP contribution in [-0.2, 0) is 7.05 Å². The highest BCUT2D eigenvalue weighted by atomic mass is 16.6. The number of nitrogens with zero attached hydrogens (tertiary/aromatic N) is 4. The third-order valence-corrected chi connectivity index (χ3v) is 2.76. The van der Waals surface area contributed by atoms with Gasteiger partial charge in [0.1, 0.15) is 17.7 Å². The van der Waals surface area contributed by atoms with Crippen molar-refractivity contribution in [3.63, 3.8) is 0 Å². The first kappa shape index (κ1) is 12.8. The Balaban J connectivity index is 2.32. The third kappa shape index (κ3) is 2.46. The first-order valence-corrected chi connectivity index (χ1v) is 5.64. The fraction of sp³-hybridized carbons (Fsp3) is 0.273. The van der Waals surface area contributed by atoms with Crippen molar-refractivity contribution >= 4 is 17.1 Å². The van der Waals surface area contributed by atoms with Gasteiger partial charge in [-0.2, -0.15) is 0 Å². The number of rotatable bonds is 4. The molecule has 0 saturated carbocycles. The molecule has 8 nitrogen and oxygen atoms in total. The molecule has 0 bridgehead atoms. The van der Waals surface area contributed by atoms with Crippen LogP contribution < -0.4 is 11.1 Å². The van der Waals surface area contributed by atoms with Crippen LogP contribution in [0.5, 0.6) is 0 Å². The van der Waals surface area contributed by atoms with Gasteiger partial charge in [0.15, 0.2) is 5.82 Å². The number of para-hydroxylation sites is 1. The minimum absolute atomic E-state index is 0.125. The molecule has 100 valence electrons. The Bertz CT molecular complexity index is 609. The van der Waals surface area contributed by atoms with Crippen LogP contribution >= 0.6 is 0 Å². The lowest BCUT2D eigenvalue weighted by molar-refractivity contribution is -0.383. The van der Waals surface area contributed by atoms with E-state index in [0.29, 0.717) is 11.5 Å². The number of hydrogen-bond acceptors (Lipinski definition) is 6. The third-order valence-electron chi connectivity index (χ3n) is 2.76. The van der Waals surface area contributed by atoms with E-state index in [-0.39, 0.29) is 17.4 Å². The average molecular weight is 262 g/mol. The summed E-state index contributed by atoms with van der Waals surface area (Å²) in [6.07, 6.45) is 1.57. The monoisotopic (exact) mass is 262 g/mol. The van der Waals surface area contributed by atoms with Gasteiger partial charge in [-0.15, -0.1) is 10.2 Å². The highest BCUT2D eigenvalue weighted by molar-refractivity contribution is 5.74. The van der Waals surface area contributed by atoms with Gasteiger partial charge in [-0.25, -0.2) is 0 Å². The Labute approximate surface area is 109 Å². The number of nitro groups is 1. The Morgan fingerprint density at radius 3 is 2.84 bits per heavy atom. The molecule has 0 amide bonds. The highest BCUT2D eigenvalue weighted by Crippen LogP contribution is 2.32. The number of nitrogens with one attached hydrogen (secondary N) is 1. The number of aryl methyl sites for hydroxylation is 1. The fourth-order valence-electron chi connectivity index (χ4n) is 1.86. The van der Waals surface area contributed by atoms with Crippen molar-refractivity contribution in [1.29, 1.82) is 0 Å². The summed E-state index contributed by atoms with van der Waals surface area (Å²) in [7, 11) is 1.81. The van der Waals surface area contributed by atoms with E-state index in [4.69, 9.17) is 5.73 Å². The van der Waals surface area contributed by atoms with Crippen LogP contribution in [0.15, 0.2) is 24.5 Å². The van der Waals surface area contributed by atoms with Crippen molar-refractivity contribution in [2.75, 3.05) is 11.1 Å². The zero-order chi connectivity index (χ0) is 14.0. The summed E-state index contributed by atoms with van der Waals surface area (Å²) in [5.41, 5.74) is 5.99. The Hall–Kier alpha value is -2.64. The summed E-state index contributed by atoms with van der Waals surface area (Å²) in [4.78, 5) is 10.5. The molecular weight excluding hydrogens is 248 g/mol. The second-order valence-corrected chi connectivity index (χ2v) is 4.17. The van der Waals surface area contributed by atoms with E-state index in [2.05, 4.69) is 15.5 Å². The van der Waals surface area contributed by atoms with Crippen molar-refractivity contribution in [1.82, 2.24) is 14.8 Å². The van der Waals surface area contributed by atoms with Crippen molar-refractivity contribution < 1.29 is 4.92 Å². The van der Waals surface area contributed by atoms with E-state index in [1.165, 1.54) is 6.07 Å². The molecule has 0 aliphatic heterocycles. The SMILES string of the molecule is CC(Nc1cccc(N)c1[N+](=O)[O-])c1nncn1C. The molecule has 2 rings (SSSR count). The van der Waals surface area contributed by atoms with Crippen LogP contribution in [0.25, 0.3) is 0 Å². The molecule has 2 aromatic rings. The molecule has 0 aliphatic carbocycles. The molecule has 1 heterocycles. The van der Waals surface area contributed by atoms with Gasteiger partial charge in [0.2, 0.25) is 0 Å². The lowest BCUT2D eigenvalue weighted by atomic mass is 10.2. The number of hydrogen-bond donors (Lipinski definition) is 2. The van der Waals surface area contributed by atoms with Crippen LogP contribution in [0.4, 0.5) is 17.1 Å². The lowest BCUT2D eigenvalue weighted by Gasteiger charge is -2.14. The number of aromatic nitrogens is 3. The molecular formula is C11H14N6O2. The van der Waals surface area contributed by atoms with E-state index in [1.54, 1.807) is 30.1 Å². The van der Waals surface area contributed by atoms with E-state index in [1.807, 2.05) is 6.92 Å². The normalized spacial score (nSPS) is 12.1. The fourth-order valence-corrected chi connectivity index (χ4v) is 1.86. The van der Waals surface area contributed by atoms with Gasteiger partial charge < -0.3 is 15.6 Å². The molecule has 8 heteroatoms. The minimum Gasteiger partial charge on any atom is -0.393 e. The molecule has 0 fully saturated rings. The predicted octanol–water partition coefficient (Wildman–Crippen LogP) is 1.48. The van der Waals surface area contributed by atoms with Crippen molar-refractivity contribution in [2.45, 2.75) is 13.0 Å². The summed E-state index contributed by atoms with van der Waals surface area (Å²) in [6, 6.07) is 4.54. The zero-order valence-electron chi connectivity index (χ0n) is 10.6. The Morgan fingerprint density at radius 2 is 2.26 bits per heavy atom. The van der Waals surface area contributed by atoms with Crippen molar-refractivity contribution in [3.05, 3.63) is 40.5 Å². The number of benzene rings is 1. The van der Waals surface area contributed by atoms with Gasteiger partial charge in [-0.1, -0.05) is 6.07 Å². The number of nitro benzene ring substituents is 1. The van der Waals surface area contributed by atoms with Crippen LogP contribution in [0, 0.1) is 10.1 Å². The summed E-state index contributed by atoms with van der Waals surface area (Å²) in [6.45, 7) is 1.84. The van der Waals surface area contributed by atoms with Crippen molar-refractivity contribution in [2.24, 2.45) is 7.05 Å². The molecule has 3 N–H and O–H groups in total. The second-order valence-electron chi connectivity index (χ2n) is 4.17. The van der Waals surface area contributed by atoms with E-state index in [9.17, 15) is 10.1 Å². The average Bonchev–Trinajstić information content (AvgIpc) is 2.75. The summed E-state index contributed by atoms with van der Waals surface area (Å²) in [5, 5.41) is 21.8. The van der Waals surface area contributed by atoms with Crippen LogP contribution in [0.2, 0.25) is 0 Å². The zero-order valence-corrected chi connectivity index (χ0v) is 10.6. The summed E-state index contributed by atoms with van der Waals surface area (Å²) < 4.78 is 1.75. The standard InChI is InChI=1S/C11H14N6O2/c1-7(11-15-13-6-16(11)2)14-9-5-3-4-8(12)10(9)17(18)19/h3-7,14H,12H2,1-2H3. The minimum atomic E-state index is -0.499. The van der Waals surface area contributed by atoms with Crippen molar-refractivity contribution in [3.8, 4) is 0 Å². The first-order chi connectivity index (χ1) is 9.00. The lowest BCUT2D eigenvalue weighted by Crippen LogP contribution is -2.13. The molecule has 19 heavy (non-hydrogen) atoms. The smallest absolute Gasteiger partial charge is 0.314 e. The second kappa shape index (κ2) is 4.92. The molecule has 0 aliphatic rings. The predicted molar refractivity (Wildman–Crippen MR) is 70.5 cm³/mol. The maximum absolute atomic E-state index is 11.0. The summed E-state index contributed by atoms with van der Waals surface area (Å²) >= 11 is 0. The van der Waals surface area contributed by atoms with E-state index in [0.717, 1.165) is 0 Å². The molecule has 1 atom stereocenters. The van der Waals surface area contributed by atoms with Gasteiger partial charge in [0, 0.05) is 7.05 Å². The molecule has 1 aromatic heterocycles. The van der Waals surface area contributed by atoms with Crippen LogP contribution in [0.1, 0.15) is 18.8 Å². The maximum atomic E-state index is 11.0. The number of nitrogen functional groups attached to an aromatic ring is 1. The molecule has 0 saturated heterocycles. The quantitative estimate of drug-likeness (QED) is 0.490. The number of nitrogens with two attached hydrogens (primary N) is 1. The number of anilines is 2. The molecule has 0 spiro atoms. The largest absolute Gasteiger partial charge is 0.393 e. The molecule has 1 unspecified atom stereocenters. The molecule has 0 radical (unpaired) electrons. The Kier molecular flexibility index (Phi) is 3.32. The molecule has 1 aromatic carbocycles. The van der Waals surface area contributed by atoms with Gasteiger partial charge in [-0.3, -0.25) is 10.1 Å².